The molecular formula is C21H34IN5. The number of guanidine groups is 1. The van der Waals surface area contributed by atoms with Crippen LogP contribution in [0.15, 0.2) is 47.7 Å². The van der Waals surface area contributed by atoms with Crippen LogP contribution in [-0.4, -0.2) is 28.6 Å². The van der Waals surface area contributed by atoms with E-state index in [0.29, 0.717) is 5.96 Å². The summed E-state index contributed by atoms with van der Waals surface area (Å²) in [5.74, 6) is 1.60. The smallest absolute Gasteiger partial charge is 0.188 e. The number of benzene rings is 1. The highest BCUT2D eigenvalue weighted by molar-refractivity contribution is 14.0. The number of nitrogens with one attached hydrogen (secondary N) is 1. The maximum Gasteiger partial charge on any atom is 0.188 e. The molecule has 1 aromatic heterocycles. The number of hydrogen-bond acceptors (Lipinski definition) is 2. The number of hydrogen-bond donors (Lipinski definition) is 2. The maximum atomic E-state index is 5.95. The van der Waals surface area contributed by atoms with Crippen LogP contribution in [-0.2, 0) is 13.0 Å². The fourth-order valence-corrected chi connectivity index (χ4v) is 2.94. The van der Waals surface area contributed by atoms with E-state index in [1.54, 1.807) is 0 Å². The van der Waals surface area contributed by atoms with Crippen LogP contribution in [0.2, 0.25) is 0 Å². The monoisotopic (exact) mass is 483 g/mol. The van der Waals surface area contributed by atoms with Crippen molar-refractivity contribution in [3.05, 3.63) is 54.1 Å². The first kappa shape index (κ1) is 23.5. The SMILES string of the molecule is CCCCCCCCN=C(N)NCCc1nccn1Cc1ccccc1.I. The Morgan fingerprint density at radius 2 is 1.85 bits per heavy atom. The van der Waals surface area contributed by atoms with Crippen LogP contribution in [0.3, 0.4) is 0 Å². The summed E-state index contributed by atoms with van der Waals surface area (Å²) >= 11 is 0. The minimum Gasteiger partial charge on any atom is -0.370 e. The largest absolute Gasteiger partial charge is 0.370 e. The van der Waals surface area contributed by atoms with Gasteiger partial charge in [0.15, 0.2) is 5.96 Å². The van der Waals surface area contributed by atoms with Crippen molar-refractivity contribution in [3.8, 4) is 0 Å². The Morgan fingerprint density at radius 1 is 1.11 bits per heavy atom. The van der Waals surface area contributed by atoms with Crippen molar-refractivity contribution in [2.24, 2.45) is 10.7 Å². The first-order valence-corrected chi connectivity index (χ1v) is 9.87. The second kappa shape index (κ2) is 14.5. The lowest BCUT2D eigenvalue weighted by Gasteiger charge is -2.09. The number of nitrogens with two attached hydrogens (primary N) is 1. The van der Waals surface area contributed by atoms with Gasteiger partial charge in [0.1, 0.15) is 5.82 Å². The molecule has 2 aromatic rings. The van der Waals surface area contributed by atoms with Gasteiger partial charge in [-0.05, 0) is 12.0 Å². The van der Waals surface area contributed by atoms with Gasteiger partial charge in [-0.3, -0.25) is 4.99 Å². The van der Waals surface area contributed by atoms with E-state index in [9.17, 15) is 0 Å². The Kier molecular flexibility index (Phi) is 12.6. The second-order valence-corrected chi connectivity index (χ2v) is 6.67. The van der Waals surface area contributed by atoms with Crippen LogP contribution in [0.25, 0.3) is 0 Å². The molecule has 0 bridgehead atoms. The van der Waals surface area contributed by atoms with E-state index in [1.807, 2.05) is 18.5 Å². The topological polar surface area (TPSA) is 68.2 Å². The van der Waals surface area contributed by atoms with Gasteiger partial charge >= 0.3 is 0 Å². The van der Waals surface area contributed by atoms with Gasteiger partial charge in [0.2, 0.25) is 0 Å². The van der Waals surface area contributed by atoms with Gasteiger partial charge in [-0.2, -0.15) is 0 Å². The highest BCUT2D eigenvalue weighted by atomic mass is 127. The van der Waals surface area contributed by atoms with E-state index < -0.39 is 0 Å². The molecule has 0 saturated carbocycles. The number of nitrogens with zero attached hydrogens (tertiary/aromatic N) is 3. The Labute approximate surface area is 180 Å². The summed E-state index contributed by atoms with van der Waals surface area (Å²) in [6.07, 6.45) is 12.3. The third-order valence-corrected chi connectivity index (χ3v) is 4.45. The van der Waals surface area contributed by atoms with E-state index in [1.165, 1.54) is 37.7 Å². The highest BCUT2D eigenvalue weighted by Crippen LogP contribution is 2.06. The lowest BCUT2D eigenvalue weighted by atomic mass is 10.1. The number of unbranched alkanes of at least 4 members (excludes halogenated alkanes) is 5. The average Bonchev–Trinajstić information content (AvgIpc) is 3.09. The predicted octanol–water partition coefficient (Wildman–Crippen LogP) is 4.36. The van der Waals surface area contributed by atoms with Gasteiger partial charge in [-0.1, -0.05) is 69.4 Å². The number of imidazole rings is 1. The number of aliphatic imine (C=N–C) groups is 1. The summed E-state index contributed by atoms with van der Waals surface area (Å²) in [6.45, 7) is 4.65. The van der Waals surface area contributed by atoms with Crippen LogP contribution in [0.1, 0.15) is 56.8 Å². The molecule has 0 amide bonds. The average molecular weight is 483 g/mol. The Hall–Kier alpha value is -1.57. The van der Waals surface area contributed by atoms with Crippen LogP contribution in [0.5, 0.6) is 0 Å². The fraction of sp³-hybridized carbons (Fsp3) is 0.524. The van der Waals surface area contributed by atoms with Gasteiger partial charge in [0.05, 0.1) is 0 Å². The molecule has 0 unspecified atom stereocenters. The van der Waals surface area contributed by atoms with Crippen LogP contribution in [0, 0.1) is 0 Å². The zero-order valence-electron chi connectivity index (χ0n) is 16.4. The normalized spacial score (nSPS) is 11.2. The summed E-state index contributed by atoms with van der Waals surface area (Å²) in [7, 11) is 0. The highest BCUT2D eigenvalue weighted by Gasteiger charge is 2.03. The van der Waals surface area contributed by atoms with Gasteiger partial charge in [-0.25, -0.2) is 4.98 Å². The molecule has 2 rings (SSSR count). The standard InChI is InChI=1S/C21H33N5.HI/c1-2-3-4-5-6-10-14-24-21(22)25-15-13-20-23-16-17-26(20)18-19-11-8-7-9-12-19;/h7-9,11-12,16-17H,2-6,10,13-15,18H2,1H3,(H3,22,24,25);1H. The molecule has 1 aromatic carbocycles. The van der Waals surface area contributed by atoms with Crippen molar-refractivity contribution in [2.75, 3.05) is 13.1 Å². The molecule has 1 heterocycles. The van der Waals surface area contributed by atoms with Crippen LogP contribution >= 0.6 is 24.0 Å². The van der Waals surface area contributed by atoms with Crippen molar-refractivity contribution in [1.82, 2.24) is 14.9 Å². The Bertz CT molecular complexity index is 639. The van der Waals surface area contributed by atoms with Crippen molar-refractivity contribution in [2.45, 2.75) is 58.4 Å². The molecule has 0 aliphatic rings. The zero-order valence-corrected chi connectivity index (χ0v) is 18.8. The third-order valence-electron chi connectivity index (χ3n) is 4.45. The van der Waals surface area contributed by atoms with E-state index in [-0.39, 0.29) is 24.0 Å². The summed E-state index contributed by atoms with van der Waals surface area (Å²) < 4.78 is 2.18. The predicted molar refractivity (Wildman–Crippen MR) is 125 cm³/mol. The molecule has 0 aliphatic carbocycles. The minimum absolute atomic E-state index is 0. The van der Waals surface area contributed by atoms with E-state index in [4.69, 9.17) is 5.73 Å². The molecule has 0 atom stereocenters. The summed E-state index contributed by atoms with van der Waals surface area (Å²) in [5, 5.41) is 3.20. The number of halogens is 1. The molecular weight excluding hydrogens is 449 g/mol. The fourth-order valence-electron chi connectivity index (χ4n) is 2.94. The second-order valence-electron chi connectivity index (χ2n) is 6.67. The summed E-state index contributed by atoms with van der Waals surface area (Å²) in [6, 6.07) is 10.4. The molecule has 0 fully saturated rings. The van der Waals surface area contributed by atoms with Gasteiger partial charge in [-0.15, -0.1) is 24.0 Å². The summed E-state index contributed by atoms with van der Waals surface area (Å²) in [4.78, 5) is 8.87. The lowest BCUT2D eigenvalue weighted by molar-refractivity contribution is 0.611. The van der Waals surface area contributed by atoms with Crippen molar-refractivity contribution < 1.29 is 0 Å². The molecule has 0 saturated heterocycles. The molecule has 3 N–H and O–H groups in total. The third kappa shape index (κ3) is 9.79. The Balaban J connectivity index is 0.00000364. The Morgan fingerprint density at radius 3 is 2.63 bits per heavy atom. The van der Waals surface area contributed by atoms with Crippen LogP contribution < -0.4 is 11.1 Å². The molecule has 0 spiro atoms. The van der Waals surface area contributed by atoms with E-state index in [2.05, 4.69) is 51.0 Å². The van der Waals surface area contributed by atoms with Crippen molar-refractivity contribution in [1.29, 1.82) is 0 Å². The molecule has 0 radical (unpaired) electrons. The summed E-state index contributed by atoms with van der Waals surface area (Å²) in [5.41, 5.74) is 7.23. The van der Waals surface area contributed by atoms with Crippen LogP contribution in [0.4, 0.5) is 0 Å². The molecule has 6 heteroatoms. The number of rotatable bonds is 12. The van der Waals surface area contributed by atoms with E-state index in [0.717, 1.165) is 38.3 Å². The van der Waals surface area contributed by atoms with Crippen molar-refractivity contribution >= 4 is 29.9 Å². The van der Waals surface area contributed by atoms with Gasteiger partial charge < -0.3 is 15.6 Å². The minimum atomic E-state index is 0. The molecule has 150 valence electrons. The molecule has 5 nitrogen and oxygen atoms in total. The van der Waals surface area contributed by atoms with Gasteiger partial charge in [0.25, 0.3) is 0 Å². The van der Waals surface area contributed by atoms with Gasteiger partial charge in [0, 0.05) is 38.4 Å². The lowest BCUT2D eigenvalue weighted by Crippen LogP contribution is -2.33. The first-order chi connectivity index (χ1) is 12.8. The number of aromatic nitrogens is 2. The zero-order chi connectivity index (χ0) is 18.5. The maximum absolute atomic E-state index is 5.95. The quantitative estimate of drug-likeness (QED) is 0.204. The van der Waals surface area contributed by atoms with Crippen molar-refractivity contribution in [3.63, 3.8) is 0 Å². The first-order valence-electron chi connectivity index (χ1n) is 9.87. The molecule has 0 aliphatic heterocycles. The van der Waals surface area contributed by atoms with E-state index >= 15 is 0 Å². The molecule has 27 heavy (non-hydrogen) atoms.